The van der Waals surface area contributed by atoms with Crippen LogP contribution in [0, 0.1) is 0 Å². The molecule has 1 aliphatic heterocycles. The van der Waals surface area contributed by atoms with Crippen LogP contribution in [0.4, 0.5) is 18.9 Å². The Morgan fingerprint density at radius 3 is 2.39 bits per heavy atom. The second-order valence-electron chi connectivity index (χ2n) is 5.00. The van der Waals surface area contributed by atoms with Crippen molar-refractivity contribution >= 4 is 29.1 Å². The standard InChI is InChI=1S/C14H13ClF3N3O2/c15-8-1-3-9(4-2-8)21-6-5-10(21)13(23)20-12(22)7-11(19)14(16,17)18/h1-4,7,10H,5-6,19H2,(H,20,22,23)/p+1/t10-/m0/s1. The van der Waals surface area contributed by atoms with Crippen molar-refractivity contribution in [3.05, 3.63) is 41.1 Å². The number of anilines is 1. The fourth-order valence-electron chi connectivity index (χ4n) is 2.08. The fourth-order valence-corrected chi connectivity index (χ4v) is 2.21. The molecule has 1 aromatic carbocycles. The maximum absolute atomic E-state index is 12.3. The lowest BCUT2D eigenvalue weighted by atomic mass is 10.0. The minimum atomic E-state index is -4.70. The number of hydrogen-bond donors (Lipinski definition) is 2. The molecule has 4 N–H and O–H groups in total. The summed E-state index contributed by atoms with van der Waals surface area (Å²) in [5.41, 5.74) is 2.18. The number of quaternary nitrogens is 1. The number of nitrogens with zero attached hydrogens (tertiary/aromatic N) is 1. The Hall–Kier alpha value is -2.06. The summed E-state index contributed by atoms with van der Waals surface area (Å²) in [6, 6.07) is 6.17. The number of rotatable bonds is 3. The van der Waals surface area contributed by atoms with Crippen LogP contribution in [-0.4, -0.2) is 30.6 Å². The van der Waals surface area contributed by atoms with E-state index in [0.717, 1.165) is 5.69 Å². The Morgan fingerprint density at radius 2 is 1.91 bits per heavy atom. The first-order valence-electron chi connectivity index (χ1n) is 6.66. The van der Waals surface area contributed by atoms with Crippen molar-refractivity contribution in [2.24, 2.45) is 0 Å². The lowest BCUT2D eigenvalue weighted by Crippen LogP contribution is -2.58. The molecular weight excluding hydrogens is 335 g/mol. The van der Waals surface area contributed by atoms with Crippen LogP contribution in [0.2, 0.25) is 5.02 Å². The molecule has 9 heteroatoms. The molecule has 1 aliphatic rings. The van der Waals surface area contributed by atoms with Gasteiger partial charge in [0, 0.05) is 17.3 Å². The summed E-state index contributed by atoms with van der Waals surface area (Å²) in [4.78, 5) is 25.2. The summed E-state index contributed by atoms with van der Waals surface area (Å²) in [5.74, 6) is -1.79. The summed E-state index contributed by atoms with van der Waals surface area (Å²) < 4.78 is 36.9. The number of imide groups is 1. The zero-order chi connectivity index (χ0) is 17.2. The summed E-state index contributed by atoms with van der Waals surface area (Å²) in [6.45, 7) is 0.604. The summed E-state index contributed by atoms with van der Waals surface area (Å²) in [7, 11) is 0. The molecule has 1 heterocycles. The molecule has 0 aromatic heterocycles. The number of amides is 2. The van der Waals surface area contributed by atoms with Crippen molar-refractivity contribution in [3.63, 3.8) is 0 Å². The molecule has 124 valence electrons. The summed E-state index contributed by atoms with van der Waals surface area (Å²) in [5, 5.41) is 2.48. The minimum Gasteiger partial charge on any atom is -0.359 e. The second kappa shape index (κ2) is 6.59. The van der Waals surface area contributed by atoms with Gasteiger partial charge in [-0.1, -0.05) is 11.6 Å². The van der Waals surface area contributed by atoms with E-state index in [9.17, 15) is 22.8 Å². The molecule has 1 aromatic rings. The summed E-state index contributed by atoms with van der Waals surface area (Å²) in [6.07, 6.45) is -3.93. The van der Waals surface area contributed by atoms with Crippen molar-refractivity contribution in [1.29, 1.82) is 0 Å². The monoisotopic (exact) mass is 348 g/mol. The van der Waals surface area contributed by atoms with Gasteiger partial charge in [-0.3, -0.25) is 14.9 Å². The number of halogens is 4. The first kappa shape index (κ1) is 17.3. The van der Waals surface area contributed by atoms with E-state index in [-0.39, 0.29) is 6.08 Å². The van der Waals surface area contributed by atoms with Gasteiger partial charge in [0.25, 0.3) is 5.91 Å². The largest absolute Gasteiger partial charge is 0.466 e. The number of allylic oxidation sites excluding steroid dienone is 1. The van der Waals surface area contributed by atoms with Crippen LogP contribution in [0.25, 0.3) is 0 Å². The Labute approximate surface area is 134 Å². The van der Waals surface area contributed by atoms with Crippen LogP contribution in [0.5, 0.6) is 0 Å². The molecule has 0 unspecified atom stereocenters. The molecule has 0 bridgehead atoms. The zero-order valence-corrected chi connectivity index (χ0v) is 12.6. The number of hydrogen-bond acceptors (Lipinski definition) is 3. The quantitative estimate of drug-likeness (QED) is 0.807. The topological polar surface area (TPSA) is 77.0 Å². The average molecular weight is 349 g/mol. The number of alkyl halides is 3. The zero-order valence-electron chi connectivity index (χ0n) is 11.9. The van der Waals surface area contributed by atoms with Gasteiger partial charge in [0.2, 0.25) is 11.6 Å². The van der Waals surface area contributed by atoms with Gasteiger partial charge >= 0.3 is 6.18 Å². The van der Waals surface area contributed by atoms with E-state index < -0.39 is 29.7 Å². The molecule has 1 atom stereocenters. The normalized spacial score (nSPS) is 18.4. The molecule has 2 rings (SSSR count). The fraction of sp³-hybridized carbons (Fsp3) is 0.286. The van der Waals surface area contributed by atoms with Crippen LogP contribution in [0.3, 0.4) is 0 Å². The molecule has 23 heavy (non-hydrogen) atoms. The van der Waals surface area contributed by atoms with E-state index in [2.05, 4.69) is 5.73 Å². The van der Waals surface area contributed by atoms with Crippen molar-refractivity contribution in [2.75, 3.05) is 11.4 Å². The Balaban J connectivity index is 1.98. The van der Waals surface area contributed by atoms with Gasteiger partial charge in [-0.2, -0.15) is 13.2 Å². The highest BCUT2D eigenvalue weighted by atomic mass is 35.5. The van der Waals surface area contributed by atoms with Crippen LogP contribution in [-0.2, 0) is 9.59 Å². The lowest BCUT2D eigenvalue weighted by molar-refractivity contribution is -0.360. The van der Waals surface area contributed by atoms with Gasteiger partial charge in [0.05, 0.1) is 6.08 Å². The molecule has 5 nitrogen and oxygen atoms in total. The van der Waals surface area contributed by atoms with E-state index in [4.69, 9.17) is 11.6 Å². The van der Waals surface area contributed by atoms with Gasteiger partial charge in [0.15, 0.2) is 0 Å². The average Bonchev–Trinajstić information content (AvgIpc) is 2.38. The van der Waals surface area contributed by atoms with Crippen molar-refractivity contribution in [2.45, 2.75) is 18.6 Å². The SMILES string of the molecule is [NH3+]C(=CC(=O)NC(=O)[C@@H]1CCN1c1ccc(Cl)cc1)C(F)(F)F. The van der Waals surface area contributed by atoms with Gasteiger partial charge in [0.1, 0.15) is 6.04 Å². The molecule has 0 spiro atoms. The highest BCUT2D eigenvalue weighted by molar-refractivity contribution is 6.30. The number of carbonyl (C=O) groups excluding carboxylic acids is 2. The van der Waals surface area contributed by atoms with Crippen LogP contribution >= 0.6 is 11.6 Å². The highest BCUT2D eigenvalue weighted by Crippen LogP contribution is 2.27. The third-order valence-corrected chi connectivity index (χ3v) is 3.65. The third-order valence-electron chi connectivity index (χ3n) is 3.40. The second-order valence-corrected chi connectivity index (χ2v) is 5.43. The van der Waals surface area contributed by atoms with E-state index >= 15 is 0 Å². The van der Waals surface area contributed by atoms with Crippen LogP contribution < -0.4 is 16.0 Å². The van der Waals surface area contributed by atoms with E-state index in [1.54, 1.807) is 29.2 Å². The maximum Gasteiger partial charge on any atom is 0.466 e. The smallest absolute Gasteiger partial charge is 0.359 e. The molecule has 1 fully saturated rings. The van der Waals surface area contributed by atoms with Crippen LogP contribution in [0.1, 0.15) is 6.42 Å². The van der Waals surface area contributed by atoms with Crippen LogP contribution in [0.15, 0.2) is 36.0 Å². The Kier molecular flexibility index (Phi) is 4.96. The third kappa shape index (κ3) is 4.23. The predicted octanol–water partition coefficient (Wildman–Crippen LogP) is 1.25. The first-order valence-corrected chi connectivity index (χ1v) is 7.04. The van der Waals surface area contributed by atoms with Gasteiger partial charge in [-0.15, -0.1) is 0 Å². The van der Waals surface area contributed by atoms with Gasteiger partial charge < -0.3 is 10.6 Å². The van der Waals surface area contributed by atoms with Crippen molar-refractivity contribution in [1.82, 2.24) is 5.32 Å². The molecule has 0 radical (unpaired) electrons. The maximum atomic E-state index is 12.3. The molecular formula is C14H14ClF3N3O2+. The number of nitrogens with one attached hydrogen (secondary N) is 1. The summed E-state index contributed by atoms with van der Waals surface area (Å²) >= 11 is 5.78. The lowest BCUT2D eigenvalue weighted by Gasteiger charge is -2.41. The van der Waals surface area contributed by atoms with E-state index in [1.807, 2.05) is 5.32 Å². The first-order chi connectivity index (χ1) is 10.7. The molecule has 1 saturated heterocycles. The van der Waals surface area contributed by atoms with Crippen molar-refractivity contribution < 1.29 is 28.5 Å². The Morgan fingerprint density at radius 1 is 1.30 bits per heavy atom. The van der Waals surface area contributed by atoms with Gasteiger partial charge in [-0.05, 0) is 30.7 Å². The van der Waals surface area contributed by atoms with E-state index in [0.29, 0.717) is 18.0 Å². The molecule has 0 aliphatic carbocycles. The molecule has 2 amide bonds. The Bertz CT molecular complexity index is 644. The predicted molar refractivity (Wildman–Crippen MR) is 77.4 cm³/mol. The minimum absolute atomic E-state index is 0.267. The van der Waals surface area contributed by atoms with Gasteiger partial charge in [-0.25, -0.2) is 0 Å². The van der Waals surface area contributed by atoms with Crippen molar-refractivity contribution in [3.8, 4) is 0 Å². The van der Waals surface area contributed by atoms with E-state index in [1.165, 1.54) is 0 Å². The molecule has 0 saturated carbocycles. The number of carbonyl (C=O) groups is 2. The number of benzene rings is 1. The highest BCUT2D eigenvalue weighted by Gasteiger charge is 2.38.